The first-order valence-corrected chi connectivity index (χ1v) is 6.00. The van der Waals surface area contributed by atoms with Crippen LogP contribution in [0.1, 0.15) is 0 Å². The largest absolute Gasteiger partial charge is 0.0697 e. The molecule has 0 N–H and O–H groups in total. The van der Waals surface area contributed by atoms with E-state index in [1.807, 2.05) is 0 Å². The Bertz CT molecular complexity index is 23.0. The molecule has 2 heteroatoms. The molecule has 0 aromatic heterocycles. The van der Waals surface area contributed by atoms with Crippen molar-refractivity contribution in [3.63, 3.8) is 0 Å². The van der Waals surface area contributed by atoms with Gasteiger partial charge < -0.3 is 0 Å². The summed E-state index contributed by atoms with van der Waals surface area (Å²) in [4.78, 5) is 0. The van der Waals surface area contributed by atoms with E-state index in [-0.39, 0.29) is 26.2 Å². The van der Waals surface area contributed by atoms with Crippen LogP contribution in [0, 0.1) is 0 Å². The van der Waals surface area contributed by atoms with Gasteiger partial charge in [0.2, 0.25) is 0 Å². The monoisotopic (exact) mass is 178 g/mol. The summed E-state index contributed by atoms with van der Waals surface area (Å²) >= 11 is 0. The van der Waals surface area contributed by atoms with Crippen molar-refractivity contribution in [3.05, 3.63) is 0 Å². The van der Waals surface area contributed by atoms with Gasteiger partial charge in [-0.2, -0.15) is 0 Å². The van der Waals surface area contributed by atoms with Gasteiger partial charge in [-0.25, -0.2) is 0 Å². The van der Waals surface area contributed by atoms with Crippen molar-refractivity contribution in [2.75, 3.05) is 0 Å². The van der Waals surface area contributed by atoms with Crippen molar-refractivity contribution < 1.29 is 26.2 Å². The van der Waals surface area contributed by atoms with Crippen molar-refractivity contribution in [1.82, 2.24) is 0 Å². The normalized spacial score (nSPS) is 10.0. The summed E-state index contributed by atoms with van der Waals surface area (Å²) < 4.78 is 0. The minimum atomic E-state index is -0.611. The van der Waals surface area contributed by atoms with E-state index in [9.17, 15) is 0 Å². The summed E-state index contributed by atoms with van der Waals surface area (Å²) in [6, 6.07) is 0. The first-order valence-electron chi connectivity index (χ1n) is 2.00. The summed E-state index contributed by atoms with van der Waals surface area (Å²) in [5.74, 6) is 0. The molecule has 0 aromatic carbocycles. The Kier molecular flexibility index (Phi) is 5.33. The molecule has 0 aliphatic carbocycles. The predicted molar refractivity (Wildman–Crippen MR) is 29.2 cm³/mol. The molecular formula is C4H12SiZr. The second-order valence-electron chi connectivity index (χ2n) is 3.00. The predicted octanol–water partition coefficient (Wildman–Crippen LogP) is 1.95. The van der Waals surface area contributed by atoms with E-state index >= 15 is 0 Å². The van der Waals surface area contributed by atoms with Crippen molar-refractivity contribution in [2.45, 2.75) is 26.2 Å². The maximum absolute atomic E-state index is 2.33. The van der Waals surface area contributed by atoms with E-state index in [0.717, 1.165) is 0 Å². The molecule has 0 amide bonds. The van der Waals surface area contributed by atoms with Gasteiger partial charge in [-0.1, -0.05) is 26.2 Å². The zero-order valence-corrected chi connectivity index (χ0v) is 8.46. The molecule has 0 aromatic rings. The summed E-state index contributed by atoms with van der Waals surface area (Å²) in [6.45, 7) is 9.31. The fraction of sp³-hybridized carbons (Fsp3) is 1.00. The summed E-state index contributed by atoms with van der Waals surface area (Å²) in [5.41, 5.74) is 0. The van der Waals surface area contributed by atoms with Crippen LogP contribution in [-0.2, 0) is 26.2 Å². The van der Waals surface area contributed by atoms with E-state index in [1.54, 1.807) is 0 Å². The topological polar surface area (TPSA) is 0 Å². The van der Waals surface area contributed by atoms with Crippen LogP contribution < -0.4 is 0 Å². The van der Waals surface area contributed by atoms with Crippen molar-refractivity contribution in [1.29, 1.82) is 0 Å². The molecule has 0 bridgehead atoms. The van der Waals surface area contributed by atoms with E-state index < -0.39 is 8.07 Å². The van der Waals surface area contributed by atoms with Gasteiger partial charge in [-0.15, -0.1) is 0 Å². The van der Waals surface area contributed by atoms with E-state index in [1.165, 1.54) is 0 Å². The fourth-order valence-corrected chi connectivity index (χ4v) is 0. The number of rotatable bonds is 0. The van der Waals surface area contributed by atoms with Gasteiger partial charge in [0.15, 0.2) is 0 Å². The van der Waals surface area contributed by atoms with Crippen LogP contribution >= 0.6 is 0 Å². The van der Waals surface area contributed by atoms with Gasteiger partial charge in [-0.3, -0.25) is 0 Å². The zero-order chi connectivity index (χ0) is 4.50. The van der Waals surface area contributed by atoms with Gasteiger partial charge in [0.1, 0.15) is 0 Å². The third-order valence-electron chi connectivity index (χ3n) is 0. The SMILES string of the molecule is C[Si](C)(C)C.[Zr]. The van der Waals surface area contributed by atoms with Gasteiger partial charge in [0, 0.05) is 34.3 Å². The van der Waals surface area contributed by atoms with Crippen LogP contribution in [0.25, 0.3) is 0 Å². The molecule has 0 heterocycles. The summed E-state index contributed by atoms with van der Waals surface area (Å²) in [6.07, 6.45) is 0. The molecule has 0 aliphatic rings. The quantitative estimate of drug-likeness (QED) is 0.499. The maximum Gasteiger partial charge on any atom is 0.0411 e. The Morgan fingerprint density at radius 3 is 0.833 bits per heavy atom. The third kappa shape index (κ3) is 70.9. The number of hydrogen-bond donors (Lipinski definition) is 0. The summed E-state index contributed by atoms with van der Waals surface area (Å²) in [7, 11) is -0.611. The minimum Gasteiger partial charge on any atom is -0.0697 e. The van der Waals surface area contributed by atoms with Gasteiger partial charge >= 0.3 is 0 Å². The molecule has 0 saturated heterocycles. The Labute approximate surface area is 60.5 Å². The minimum absolute atomic E-state index is 0. The van der Waals surface area contributed by atoms with Gasteiger partial charge in [0.05, 0.1) is 0 Å². The average Bonchev–Trinajstić information content (AvgIpc) is 0.722. The average molecular weight is 179 g/mol. The van der Waals surface area contributed by atoms with Crippen LogP contribution in [0.4, 0.5) is 0 Å². The summed E-state index contributed by atoms with van der Waals surface area (Å²) in [5, 5.41) is 0. The molecule has 0 unspecified atom stereocenters. The van der Waals surface area contributed by atoms with E-state index in [4.69, 9.17) is 0 Å². The molecule has 0 spiro atoms. The van der Waals surface area contributed by atoms with Crippen LogP contribution in [0.5, 0.6) is 0 Å². The van der Waals surface area contributed by atoms with Crippen LogP contribution in [0.3, 0.4) is 0 Å². The standard InChI is InChI=1S/C4H12Si.Zr/c1-5(2,3)4;/h1-4H3;. The first-order chi connectivity index (χ1) is 2.00. The fourth-order valence-electron chi connectivity index (χ4n) is 0. The Morgan fingerprint density at radius 1 is 0.833 bits per heavy atom. The zero-order valence-electron chi connectivity index (χ0n) is 5.00. The number of hydrogen-bond acceptors (Lipinski definition) is 0. The molecule has 0 saturated carbocycles. The van der Waals surface area contributed by atoms with Crippen LogP contribution in [0.2, 0.25) is 26.2 Å². The van der Waals surface area contributed by atoms with Crippen molar-refractivity contribution in [3.8, 4) is 0 Å². The first kappa shape index (κ1) is 10.2. The van der Waals surface area contributed by atoms with Crippen molar-refractivity contribution in [2.24, 2.45) is 0 Å². The van der Waals surface area contributed by atoms with Crippen LogP contribution in [-0.4, -0.2) is 8.07 Å². The Balaban J connectivity index is 0. The van der Waals surface area contributed by atoms with Gasteiger partial charge in [-0.05, 0) is 0 Å². The second kappa shape index (κ2) is 3.15. The van der Waals surface area contributed by atoms with E-state index in [2.05, 4.69) is 26.2 Å². The van der Waals surface area contributed by atoms with E-state index in [0.29, 0.717) is 0 Å². The Hall–Kier alpha value is 1.10. The van der Waals surface area contributed by atoms with Gasteiger partial charge in [0.25, 0.3) is 0 Å². The molecular weight excluding hydrogens is 167 g/mol. The molecule has 0 nitrogen and oxygen atoms in total. The smallest absolute Gasteiger partial charge is 0.0411 e. The maximum atomic E-state index is 2.33. The molecule has 0 atom stereocenters. The molecule has 0 radical (unpaired) electrons. The Morgan fingerprint density at radius 2 is 0.833 bits per heavy atom. The second-order valence-corrected chi connectivity index (χ2v) is 9.00. The molecule has 0 fully saturated rings. The molecule has 36 valence electrons. The molecule has 0 rings (SSSR count). The van der Waals surface area contributed by atoms with Crippen LogP contribution in [0.15, 0.2) is 0 Å². The third-order valence-corrected chi connectivity index (χ3v) is 0. The van der Waals surface area contributed by atoms with Crippen molar-refractivity contribution >= 4 is 8.07 Å². The molecule has 6 heavy (non-hydrogen) atoms. The molecule has 0 aliphatic heterocycles.